The van der Waals surface area contributed by atoms with Crippen molar-refractivity contribution in [3.63, 3.8) is 0 Å². The lowest BCUT2D eigenvalue weighted by atomic mass is 9.99. The highest BCUT2D eigenvalue weighted by Gasteiger charge is 2.16. The molecule has 0 aliphatic rings. The summed E-state index contributed by atoms with van der Waals surface area (Å²) >= 11 is 0. The van der Waals surface area contributed by atoms with Crippen LogP contribution in [0.3, 0.4) is 0 Å². The molecule has 0 aromatic heterocycles. The Labute approximate surface area is 122 Å². The van der Waals surface area contributed by atoms with E-state index in [2.05, 4.69) is 33.8 Å². The van der Waals surface area contributed by atoms with Crippen LogP contribution in [0.1, 0.15) is 53.9 Å². The Bertz CT molecular complexity index is 331. The molecule has 4 heteroatoms. The highest BCUT2D eigenvalue weighted by atomic mass is 16.6. The molecule has 0 saturated heterocycles. The molecule has 0 heterocycles. The molecule has 0 rings (SSSR count). The molecular formula is C16H28O4. The van der Waals surface area contributed by atoms with E-state index in [-0.39, 0.29) is 13.2 Å². The second-order valence-corrected chi connectivity index (χ2v) is 5.65. The lowest BCUT2D eigenvalue weighted by Gasteiger charge is -2.10. The molecule has 0 aromatic rings. The van der Waals surface area contributed by atoms with Crippen molar-refractivity contribution in [3.05, 3.63) is 11.6 Å². The van der Waals surface area contributed by atoms with E-state index >= 15 is 0 Å². The minimum Gasteiger partial charge on any atom is -0.457 e. The Morgan fingerprint density at radius 3 is 2.10 bits per heavy atom. The van der Waals surface area contributed by atoms with Crippen molar-refractivity contribution in [2.75, 3.05) is 13.2 Å². The van der Waals surface area contributed by atoms with Crippen molar-refractivity contribution in [1.82, 2.24) is 0 Å². The zero-order valence-electron chi connectivity index (χ0n) is 13.4. The maximum Gasteiger partial charge on any atom is 0.417 e. The molecule has 1 atom stereocenters. The molecule has 4 nitrogen and oxygen atoms in total. The summed E-state index contributed by atoms with van der Waals surface area (Å²) in [4.78, 5) is 22.5. The van der Waals surface area contributed by atoms with Gasteiger partial charge in [-0.25, -0.2) is 9.59 Å². The zero-order chi connectivity index (χ0) is 15.5. The summed E-state index contributed by atoms with van der Waals surface area (Å²) in [6, 6.07) is 0. The van der Waals surface area contributed by atoms with Crippen LogP contribution in [0.4, 0.5) is 0 Å². The number of hydrogen-bond acceptors (Lipinski definition) is 4. The van der Waals surface area contributed by atoms with Gasteiger partial charge in [0.1, 0.15) is 0 Å². The Morgan fingerprint density at radius 2 is 1.60 bits per heavy atom. The van der Waals surface area contributed by atoms with E-state index < -0.39 is 11.9 Å². The van der Waals surface area contributed by atoms with E-state index in [9.17, 15) is 9.59 Å². The molecule has 0 amide bonds. The van der Waals surface area contributed by atoms with Crippen molar-refractivity contribution in [2.45, 2.75) is 53.9 Å². The van der Waals surface area contributed by atoms with E-state index in [0.717, 1.165) is 6.42 Å². The molecule has 0 radical (unpaired) electrons. The molecular weight excluding hydrogens is 256 g/mol. The van der Waals surface area contributed by atoms with Gasteiger partial charge in [0, 0.05) is 0 Å². The van der Waals surface area contributed by atoms with Crippen LogP contribution in [-0.4, -0.2) is 25.2 Å². The maximum atomic E-state index is 11.3. The predicted octanol–water partition coefficient (Wildman–Crippen LogP) is 3.50. The molecule has 116 valence electrons. The van der Waals surface area contributed by atoms with Crippen LogP contribution in [0, 0.1) is 11.8 Å². The molecule has 1 unspecified atom stereocenters. The van der Waals surface area contributed by atoms with Crippen molar-refractivity contribution in [3.8, 4) is 0 Å². The standard InChI is InChI=1S/C16H28O4/c1-6-8-19-15(17)16(18)20-9-7-13(4)11-14(5)10-12(2)3/h11-13H,6-10H2,1-5H3. The Morgan fingerprint density at radius 1 is 1.05 bits per heavy atom. The fraction of sp³-hybridized carbons (Fsp3) is 0.750. The Kier molecular flexibility index (Phi) is 9.77. The first-order valence-electron chi connectivity index (χ1n) is 7.38. The van der Waals surface area contributed by atoms with E-state index in [0.29, 0.717) is 24.7 Å². The van der Waals surface area contributed by atoms with E-state index in [1.54, 1.807) is 0 Å². The topological polar surface area (TPSA) is 52.6 Å². The SMILES string of the molecule is CCCOC(=O)C(=O)OCCC(C)C=C(C)CC(C)C. The number of esters is 2. The van der Waals surface area contributed by atoms with Gasteiger partial charge in [-0.1, -0.05) is 39.3 Å². The monoisotopic (exact) mass is 284 g/mol. The van der Waals surface area contributed by atoms with Crippen molar-refractivity contribution < 1.29 is 19.1 Å². The molecule has 0 spiro atoms. The first-order chi connectivity index (χ1) is 9.36. The van der Waals surface area contributed by atoms with Gasteiger partial charge in [0.15, 0.2) is 0 Å². The van der Waals surface area contributed by atoms with Crippen LogP contribution < -0.4 is 0 Å². The van der Waals surface area contributed by atoms with Gasteiger partial charge in [-0.15, -0.1) is 0 Å². The summed E-state index contributed by atoms with van der Waals surface area (Å²) in [6.07, 6.45) is 4.68. The Hall–Kier alpha value is -1.32. The number of allylic oxidation sites excluding steroid dienone is 2. The zero-order valence-corrected chi connectivity index (χ0v) is 13.4. The summed E-state index contributed by atoms with van der Waals surface area (Å²) in [5.41, 5.74) is 1.35. The van der Waals surface area contributed by atoms with Crippen molar-refractivity contribution >= 4 is 11.9 Å². The van der Waals surface area contributed by atoms with Crippen LogP contribution in [0.15, 0.2) is 11.6 Å². The average Bonchev–Trinajstić information content (AvgIpc) is 2.34. The number of carbonyl (C=O) groups is 2. The normalized spacial score (nSPS) is 13.2. The largest absolute Gasteiger partial charge is 0.457 e. The quantitative estimate of drug-likeness (QED) is 0.389. The average molecular weight is 284 g/mol. The van der Waals surface area contributed by atoms with Crippen molar-refractivity contribution in [2.24, 2.45) is 11.8 Å². The first-order valence-corrected chi connectivity index (χ1v) is 7.38. The fourth-order valence-corrected chi connectivity index (χ4v) is 1.93. The maximum absolute atomic E-state index is 11.3. The molecule has 0 aliphatic carbocycles. The summed E-state index contributed by atoms with van der Waals surface area (Å²) in [6.45, 7) is 10.9. The molecule has 0 aromatic carbocycles. The lowest BCUT2D eigenvalue weighted by molar-refractivity contribution is -0.167. The summed E-state index contributed by atoms with van der Waals surface area (Å²) in [5.74, 6) is -0.822. The second kappa shape index (κ2) is 10.5. The second-order valence-electron chi connectivity index (χ2n) is 5.65. The highest BCUT2D eigenvalue weighted by Crippen LogP contribution is 2.14. The molecule has 0 bridgehead atoms. The smallest absolute Gasteiger partial charge is 0.417 e. The third-order valence-electron chi connectivity index (χ3n) is 2.71. The van der Waals surface area contributed by atoms with Crippen molar-refractivity contribution in [1.29, 1.82) is 0 Å². The van der Waals surface area contributed by atoms with Gasteiger partial charge in [0.2, 0.25) is 0 Å². The molecule has 0 aliphatic heterocycles. The summed E-state index contributed by atoms with van der Waals surface area (Å²) < 4.78 is 9.58. The number of ether oxygens (including phenoxy) is 2. The predicted molar refractivity (Wildman–Crippen MR) is 79.2 cm³/mol. The van der Waals surface area contributed by atoms with Gasteiger partial charge in [-0.2, -0.15) is 0 Å². The minimum absolute atomic E-state index is 0.243. The first kappa shape index (κ1) is 18.7. The van der Waals surface area contributed by atoms with Crippen LogP contribution in [0.25, 0.3) is 0 Å². The van der Waals surface area contributed by atoms with Gasteiger partial charge in [0.05, 0.1) is 13.2 Å². The van der Waals surface area contributed by atoms with Gasteiger partial charge >= 0.3 is 11.9 Å². The summed E-state index contributed by atoms with van der Waals surface area (Å²) in [7, 11) is 0. The Balaban J connectivity index is 3.93. The fourth-order valence-electron chi connectivity index (χ4n) is 1.93. The van der Waals surface area contributed by atoms with Gasteiger partial charge in [-0.3, -0.25) is 0 Å². The number of rotatable bonds is 8. The minimum atomic E-state index is -0.897. The molecule has 0 saturated carbocycles. The highest BCUT2D eigenvalue weighted by molar-refractivity contribution is 6.29. The van der Waals surface area contributed by atoms with Gasteiger partial charge in [0.25, 0.3) is 0 Å². The molecule has 0 fully saturated rings. The van der Waals surface area contributed by atoms with E-state index in [4.69, 9.17) is 9.47 Å². The molecule has 20 heavy (non-hydrogen) atoms. The van der Waals surface area contributed by atoms with Crippen LogP contribution >= 0.6 is 0 Å². The summed E-state index contributed by atoms with van der Waals surface area (Å²) in [5, 5.41) is 0. The molecule has 0 N–H and O–H groups in total. The number of carbonyl (C=O) groups excluding carboxylic acids is 2. The van der Waals surface area contributed by atoms with Gasteiger partial charge in [-0.05, 0) is 38.0 Å². The third-order valence-corrected chi connectivity index (χ3v) is 2.71. The lowest BCUT2D eigenvalue weighted by Crippen LogP contribution is -2.21. The van der Waals surface area contributed by atoms with Gasteiger partial charge < -0.3 is 9.47 Å². The number of hydrogen-bond donors (Lipinski definition) is 0. The third kappa shape index (κ3) is 9.59. The van der Waals surface area contributed by atoms with E-state index in [1.807, 2.05) is 6.92 Å². The van der Waals surface area contributed by atoms with Crippen LogP contribution in [0.2, 0.25) is 0 Å². The van der Waals surface area contributed by atoms with Crippen LogP contribution in [-0.2, 0) is 19.1 Å². The van der Waals surface area contributed by atoms with Crippen LogP contribution in [0.5, 0.6) is 0 Å². The van der Waals surface area contributed by atoms with E-state index in [1.165, 1.54) is 5.57 Å².